The molecule has 1 rings (SSSR count). The van der Waals surface area contributed by atoms with Crippen molar-refractivity contribution < 1.29 is 0 Å². The molecule has 0 radical (unpaired) electrons. The highest BCUT2D eigenvalue weighted by atomic mass is 32.2. The van der Waals surface area contributed by atoms with Gasteiger partial charge in [0.1, 0.15) is 0 Å². The molecule has 0 spiro atoms. The van der Waals surface area contributed by atoms with E-state index in [0.717, 1.165) is 26.2 Å². The van der Waals surface area contributed by atoms with Crippen LogP contribution in [0.5, 0.6) is 0 Å². The van der Waals surface area contributed by atoms with Crippen LogP contribution in [0, 0.1) is 5.41 Å². The summed E-state index contributed by atoms with van der Waals surface area (Å²) in [5.41, 5.74) is 6.75. The van der Waals surface area contributed by atoms with Crippen LogP contribution in [0.15, 0.2) is 0 Å². The first-order valence-corrected chi connectivity index (χ1v) is 8.72. The predicted octanol–water partition coefficient (Wildman–Crippen LogP) is 2.12. The zero-order valence-electron chi connectivity index (χ0n) is 13.5. The maximum absolute atomic E-state index is 6.26. The van der Waals surface area contributed by atoms with E-state index in [1.807, 2.05) is 0 Å². The Morgan fingerprint density at radius 1 is 1.21 bits per heavy atom. The van der Waals surface area contributed by atoms with E-state index in [4.69, 9.17) is 5.73 Å². The average Bonchev–Trinajstić information content (AvgIpc) is 2.35. The lowest BCUT2D eigenvalue weighted by Gasteiger charge is -2.55. The molecule has 2 N–H and O–H groups in total. The Bertz CT molecular complexity index is 268. The Balaban J connectivity index is 2.78. The van der Waals surface area contributed by atoms with Crippen molar-refractivity contribution in [2.45, 2.75) is 39.2 Å². The summed E-state index contributed by atoms with van der Waals surface area (Å²) >= 11 is 2.08. The molecule has 0 aliphatic carbocycles. The quantitative estimate of drug-likeness (QED) is 0.777. The van der Waals surface area contributed by atoms with Gasteiger partial charge in [-0.15, -0.1) is 0 Å². The number of nitrogens with two attached hydrogens (primary N) is 1. The fourth-order valence-electron chi connectivity index (χ4n) is 3.23. The van der Waals surface area contributed by atoms with E-state index >= 15 is 0 Å². The minimum atomic E-state index is 0.178. The van der Waals surface area contributed by atoms with Crippen molar-refractivity contribution in [3.8, 4) is 0 Å². The maximum Gasteiger partial charge on any atom is 0.0472 e. The van der Waals surface area contributed by atoms with Crippen molar-refractivity contribution in [2.75, 3.05) is 51.8 Å². The Kier molecular flexibility index (Phi) is 6.64. The van der Waals surface area contributed by atoms with Gasteiger partial charge in [-0.2, -0.15) is 11.8 Å². The van der Waals surface area contributed by atoms with Crippen LogP contribution in [0.1, 0.15) is 33.6 Å². The number of likely N-dealkylation sites (N-methyl/N-ethyl adjacent to an activating group) is 1. The summed E-state index contributed by atoms with van der Waals surface area (Å²) in [6.07, 6.45) is 2.50. The van der Waals surface area contributed by atoms with Gasteiger partial charge in [-0.25, -0.2) is 0 Å². The van der Waals surface area contributed by atoms with Gasteiger partial charge in [0.2, 0.25) is 0 Å². The topological polar surface area (TPSA) is 32.5 Å². The van der Waals surface area contributed by atoms with E-state index in [2.05, 4.69) is 56.4 Å². The lowest BCUT2D eigenvalue weighted by atomic mass is 9.69. The molecule has 0 amide bonds. The van der Waals surface area contributed by atoms with Crippen molar-refractivity contribution in [3.05, 3.63) is 0 Å². The molecule has 1 unspecified atom stereocenters. The second-order valence-electron chi connectivity index (χ2n) is 6.66. The Morgan fingerprint density at radius 3 is 2.37 bits per heavy atom. The highest BCUT2D eigenvalue weighted by molar-refractivity contribution is 7.99. The van der Waals surface area contributed by atoms with Gasteiger partial charge in [-0.1, -0.05) is 20.8 Å². The monoisotopic (exact) mass is 287 g/mol. The molecule has 3 nitrogen and oxygen atoms in total. The molecule has 4 heteroatoms. The molecule has 0 saturated carbocycles. The van der Waals surface area contributed by atoms with Crippen LogP contribution in [0.2, 0.25) is 0 Å². The van der Waals surface area contributed by atoms with Gasteiger partial charge >= 0.3 is 0 Å². The number of hydrogen-bond donors (Lipinski definition) is 1. The lowest BCUT2D eigenvalue weighted by molar-refractivity contribution is 0.00311. The van der Waals surface area contributed by atoms with Gasteiger partial charge in [0.05, 0.1) is 0 Å². The second kappa shape index (κ2) is 7.30. The van der Waals surface area contributed by atoms with Gasteiger partial charge in [-0.05, 0) is 51.2 Å². The molecule has 1 atom stereocenters. The number of hydrogen-bond acceptors (Lipinski definition) is 4. The van der Waals surface area contributed by atoms with E-state index in [1.165, 1.54) is 24.3 Å². The van der Waals surface area contributed by atoms with Gasteiger partial charge in [0, 0.05) is 24.4 Å². The third kappa shape index (κ3) is 3.87. The van der Waals surface area contributed by atoms with Crippen molar-refractivity contribution in [3.63, 3.8) is 0 Å². The van der Waals surface area contributed by atoms with Crippen molar-refractivity contribution in [2.24, 2.45) is 11.1 Å². The molecule has 114 valence electrons. The zero-order valence-corrected chi connectivity index (χ0v) is 14.4. The van der Waals surface area contributed by atoms with E-state index in [0.29, 0.717) is 5.41 Å². The largest absolute Gasteiger partial charge is 0.329 e. The Labute approximate surface area is 124 Å². The van der Waals surface area contributed by atoms with Gasteiger partial charge in [-0.3, -0.25) is 4.90 Å². The molecule has 1 heterocycles. The summed E-state index contributed by atoms with van der Waals surface area (Å²) in [5, 5.41) is 0. The van der Waals surface area contributed by atoms with E-state index in [1.54, 1.807) is 0 Å². The third-order valence-corrected chi connectivity index (χ3v) is 6.00. The first-order valence-electron chi connectivity index (χ1n) is 7.57. The van der Waals surface area contributed by atoms with Crippen LogP contribution in [-0.2, 0) is 0 Å². The van der Waals surface area contributed by atoms with Crippen LogP contribution in [0.3, 0.4) is 0 Å². The lowest BCUT2D eigenvalue weighted by Crippen LogP contribution is -2.66. The van der Waals surface area contributed by atoms with E-state index < -0.39 is 0 Å². The van der Waals surface area contributed by atoms with Crippen molar-refractivity contribution in [1.82, 2.24) is 9.80 Å². The molecule has 1 aliphatic rings. The fraction of sp³-hybridized carbons (Fsp3) is 1.00. The standard InChI is InChI=1S/C15H33N3S/c1-6-18(10-7-9-17(4)5)15(12-16)13-19-11-8-14(15,2)3/h6-13,16H2,1-5H3. The molecular formula is C15H33N3S. The Hall–Kier alpha value is 0.230. The van der Waals surface area contributed by atoms with E-state index in [-0.39, 0.29) is 5.54 Å². The molecule has 0 aromatic rings. The average molecular weight is 288 g/mol. The molecule has 0 bridgehead atoms. The van der Waals surface area contributed by atoms with Gasteiger partial charge in [0.25, 0.3) is 0 Å². The predicted molar refractivity (Wildman–Crippen MR) is 87.9 cm³/mol. The highest BCUT2D eigenvalue weighted by Gasteiger charge is 2.49. The minimum Gasteiger partial charge on any atom is -0.329 e. The summed E-state index contributed by atoms with van der Waals surface area (Å²) in [4.78, 5) is 4.92. The van der Waals surface area contributed by atoms with Crippen molar-refractivity contribution >= 4 is 11.8 Å². The second-order valence-corrected chi connectivity index (χ2v) is 7.76. The summed E-state index contributed by atoms with van der Waals surface area (Å²) in [6, 6.07) is 0. The Morgan fingerprint density at radius 2 is 1.89 bits per heavy atom. The smallest absolute Gasteiger partial charge is 0.0472 e. The van der Waals surface area contributed by atoms with Gasteiger partial charge < -0.3 is 10.6 Å². The number of rotatable bonds is 7. The fourth-order valence-corrected chi connectivity index (χ4v) is 5.06. The number of thioether (sulfide) groups is 1. The van der Waals surface area contributed by atoms with Crippen LogP contribution >= 0.6 is 11.8 Å². The molecule has 1 fully saturated rings. The first kappa shape index (κ1) is 17.3. The van der Waals surface area contributed by atoms with Crippen LogP contribution in [0.25, 0.3) is 0 Å². The summed E-state index contributed by atoms with van der Waals surface area (Å²) in [6.45, 7) is 11.3. The molecule has 19 heavy (non-hydrogen) atoms. The highest BCUT2D eigenvalue weighted by Crippen LogP contribution is 2.45. The number of nitrogens with zero attached hydrogens (tertiary/aromatic N) is 2. The van der Waals surface area contributed by atoms with Crippen LogP contribution in [0.4, 0.5) is 0 Å². The molecule has 0 aromatic carbocycles. The van der Waals surface area contributed by atoms with Crippen LogP contribution < -0.4 is 5.73 Å². The summed E-state index contributed by atoms with van der Waals surface area (Å²) in [7, 11) is 4.30. The van der Waals surface area contributed by atoms with Gasteiger partial charge in [0.15, 0.2) is 0 Å². The normalized spacial score (nSPS) is 27.2. The maximum atomic E-state index is 6.26. The zero-order chi connectivity index (χ0) is 14.5. The third-order valence-electron chi connectivity index (χ3n) is 4.83. The molecule has 0 aromatic heterocycles. The molecular weight excluding hydrogens is 254 g/mol. The summed E-state index contributed by atoms with van der Waals surface area (Å²) in [5.74, 6) is 2.47. The SMILES string of the molecule is CCN(CCCN(C)C)C1(CN)CSCCC1(C)C. The van der Waals surface area contributed by atoms with Crippen molar-refractivity contribution in [1.29, 1.82) is 0 Å². The van der Waals surface area contributed by atoms with Crippen LogP contribution in [-0.4, -0.2) is 67.1 Å². The van der Waals surface area contributed by atoms with E-state index in [9.17, 15) is 0 Å². The minimum absolute atomic E-state index is 0.178. The first-order chi connectivity index (χ1) is 8.89. The molecule has 1 aliphatic heterocycles. The molecule has 1 saturated heterocycles. The summed E-state index contributed by atoms with van der Waals surface area (Å²) < 4.78 is 0.